The first kappa shape index (κ1) is 22.8. The fraction of sp³-hybridized carbons (Fsp3) is 0. The minimum Gasteiger partial charge on any atom is 2.00 e. The average Bonchev–Trinajstić information content (AvgIpc) is 1.00. The van der Waals surface area contributed by atoms with Crippen LogP contribution in [0.4, 0.5) is 0 Å². The van der Waals surface area contributed by atoms with Crippen LogP contribution in [0, 0.1) is 35.6 Å². The van der Waals surface area contributed by atoms with Crippen molar-refractivity contribution in [2.24, 2.45) is 0 Å². The molecule has 0 aromatic heterocycles. The van der Waals surface area contributed by atoms with Gasteiger partial charge in [-0.25, -0.2) is 0 Å². The second-order valence-corrected chi connectivity index (χ2v) is 0. The van der Waals surface area contributed by atoms with Gasteiger partial charge in [-0.1, -0.05) is 0 Å². The molecule has 0 atom stereocenters. The second kappa shape index (κ2) is 24.0. The topological polar surface area (TPSA) is 17.1 Å². The molecule has 0 bridgehead atoms. The van der Waals surface area contributed by atoms with Gasteiger partial charge in [-0.05, 0) is 0 Å². The van der Waals surface area contributed by atoms with E-state index in [1.807, 2.05) is 0 Å². The molecule has 5 heavy (non-hydrogen) atoms. The number of hydrogen-bond donors (Lipinski definition) is 0. The van der Waals surface area contributed by atoms with Crippen LogP contribution in [-0.4, -0.2) is 83.2 Å². The van der Waals surface area contributed by atoms with Crippen molar-refractivity contribution in [2.45, 2.75) is 0 Å². The molecule has 0 N–H and O–H groups in total. The molecule has 0 aliphatic carbocycles. The van der Waals surface area contributed by atoms with E-state index in [4.69, 9.17) is 3.80 Å². The van der Waals surface area contributed by atoms with E-state index in [0.29, 0.717) is 0 Å². The fourth-order valence-electron chi connectivity index (χ4n) is 0. The monoisotopic (exact) mass is 339 g/mol. The summed E-state index contributed by atoms with van der Waals surface area (Å²) in [5, 5.41) is 0. The Morgan fingerprint density at radius 1 is 1.40 bits per heavy atom. The largest absolute Gasteiger partial charge is 2.00 e. The maximum atomic E-state index is 8.12. The molecule has 0 amide bonds. The fourth-order valence-corrected chi connectivity index (χ4v) is 0. The Labute approximate surface area is 140 Å². The van der Waals surface area contributed by atoms with Crippen LogP contribution >= 0.6 is 0 Å². The van der Waals surface area contributed by atoms with E-state index in [-0.39, 0.29) is 125 Å². The molecular formula is H4CaCrLaOSr. The smallest absolute Gasteiger partial charge is 2.00 e. The van der Waals surface area contributed by atoms with Crippen LogP contribution in [0.25, 0.3) is 0 Å². The van der Waals surface area contributed by atoms with E-state index in [1.54, 1.807) is 0 Å². The summed E-state index contributed by atoms with van der Waals surface area (Å²) in [7, 11) is 0. The Kier molecular flexibility index (Phi) is 109. The van der Waals surface area contributed by atoms with Crippen molar-refractivity contribution < 1.29 is 61.3 Å². The van der Waals surface area contributed by atoms with Gasteiger partial charge in [-0.15, -0.1) is 0 Å². The quantitative estimate of drug-likeness (QED) is 0.548. The van der Waals surface area contributed by atoms with Crippen LogP contribution in [0.1, 0.15) is 5.71 Å². The summed E-state index contributed by atoms with van der Waals surface area (Å²) in [6, 6.07) is 0. The van der Waals surface area contributed by atoms with Gasteiger partial charge in [0.25, 0.3) is 0 Å². The second-order valence-electron chi connectivity index (χ2n) is 0. The molecule has 1 radical (unpaired) electrons. The summed E-state index contributed by atoms with van der Waals surface area (Å²) in [6.07, 6.45) is 0. The molecule has 0 unspecified atom stereocenters. The van der Waals surface area contributed by atoms with Gasteiger partial charge in [0.15, 0.2) is 0 Å². The van der Waals surface area contributed by atoms with Crippen molar-refractivity contribution in [3.8, 4) is 0 Å². The van der Waals surface area contributed by atoms with Gasteiger partial charge in [0.05, 0.1) is 0 Å². The summed E-state index contributed by atoms with van der Waals surface area (Å²) in [6.45, 7) is 0. The van der Waals surface area contributed by atoms with E-state index in [9.17, 15) is 0 Å². The third-order valence-corrected chi connectivity index (χ3v) is 0. The molecule has 0 aromatic carbocycles. The van der Waals surface area contributed by atoms with Crippen LogP contribution < -0.4 is 0 Å². The molecule has 0 fully saturated rings. The van der Waals surface area contributed by atoms with Gasteiger partial charge in [0.2, 0.25) is 0 Å². The first-order valence-corrected chi connectivity index (χ1v) is 0.687. The third kappa shape index (κ3) is 17.8. The maximum Gasteiger partial charge on any atom is 2.00 e. The molecule has 0 heterocycles. The molecule has 0 aromatic rings. The van der Waals surface area contributed by atoms with Gasteiger partial charge in [-0.3, -0.25) is 0 Å². The number of hydrogen-bond acceptors (Lipinski definition) is 1. The van der Waals surface area contributed by atoms with Crippen LogP contribution in [0.2, 0.25) is 0 Å². The van der Waals surface area contributed by atoms with Crippen LogP contribution in [-0.2, 0) is 20.0 Å². The van der Waals surface area contributed by atoms with Gasteiger partial charge in [-0.2, -0.15) is 0 Å². The minimum absolute atomic E-state index is 0. The molecule has 0 spiro atoms. The molecule has 0 saturated carbocycles. The van der Waals surface area contributed by atoms with E-state index in [2.05, 4.69) is 0 Å². The van der Waals surface area contributed by atoms with E-state index in [0.717, 1.165) is 0 Å². The molecule has 0 saturated heterocycles. The Bertz CT molecular complexity index is 20.5. The van der Waals surface area contributed by atoms with Crippen molar-refractivity contribution >= 4 is 83.2 Å². The molecule has 23 valence electrons. The summed E-state index contributed by atoms with van der Waals surface area (Å²) in [5.74, 6) is 0. The Hall–Kier alpha value is 4.27. The van der Waals surface area contributed by atoms with E-state index in [1.165, 1.54) is 16.2 Å². The van der Waals surface area contributed by atoms with Crippen LogP contribution in [0.5, 0.6) is 0 Å². The Morgan fingerprint density at radius 2 is 1.40 bits per heavy atom. The van der Waals surface area contributed by atoms with Gasteiger partial charge in [0, 0.05) is 35.6 Å². The zero-order valence-electron chi connectivity index (χ0n) is 6.81. The maximum absolute atomic E-state index is 8.12. The minimum atomic E-state index is 0. The first-order chi connectivity index (χ1) is 1.00. The standard InChI is InChI=1S/Ca.Cr.La.O.Sr.4H/q+2;;;;+2;4*-1. The molecule has 0 rings (SSSR count). The SMILES string of the molecule is [Ca+2].[H-].[H-].[H-].[H-].[La].[O]=[Cr].[Sr+2]. The van der Waals surface area contributed by atoms with Crippen molar-refractivity contribution in [3.05, 3.63) is 0 Å². The predicted octanol–water partition coefficient (Wildman–Crippen LogP) is -0.433. The zero-order chi connectivity index (χ0) is 2.00. The van der Waals surface area contributed by atoms with Crippen LogP contribution in [0.3, 0.4) is 0 Å². The van der Waals surface area contributed by atoms with E-state index >= 15 is 0 Å². The summed E-state index contributed by atoms with van der Waals surface area (Å²) < 4.78 is 8.12. The molecule has 0 aliphatic rings. The first-order valence-electron chi connectivity index (χ1n) is 0.167. The molecule has 1 nitrogen and oxygen atoms in total. The Balaban J connectivity index is -0.000000000238. The van der Waals surface area contributed by atoms with Gasteiger partial charge in [0.1, 0.15) is 0 Å². The van der Waals surface area contributed by atoms with Gasteiger partial charge < -0.3 is 5.71 Å². The van der Waals surface area contributed by atoms with Crippen LogP contribution in [0.15, 0.2) is 0 Å². The predicted molar refractivity (Wildman–Crippen MR) is 16.6 cm³/mol. The molecule has 0 aliphatic heterocycles. The normalized spacial score (nSPS) is 0.800. The van der Waals surface area contributed by atoms with Crippen molar-refractivity contribution in [1.29, 1.82) is 0 Å². The van der Waals surface area contributed by atoms with Gasteiger partial charge >= 0.3 is 103 Å². The zero-order valence-corrected chi connectivity index (χ0v) is 13.4. The number of rotatable bonds is 0. The Morgan fingerprint density at radius 3 is 1.40 bits per heavy atom. The summed E-state index contributed by atoms with van der Waals surface area (Å²) >= 11 is 1.38. The van der Waals surface area contributed by atoms with E-state index < -0.39 is 0 Å². The average molecular weight is 339 g/mol. The summed E-state index contributed by atoms with van der Waals surface area (Å²) in [4.78, 5) is 0. The van der Waals surface area contributed by atoms with Crippen molar-refractivity contribution in [2.75, 3.05) is 0 Å². The van der Waals surface area contributed by atoms with Crippen molar-refractivity contribution in [1.82, 2.24) is 0 Å². The molecule has 5 heteroatoms. The molecular weight excluding hydrogens is 335 g/mol. The van der Waals surface area contributed by atoms with Crippen molar-refractivity contribution in [3.63, 3.8) is 0 Å². The third-order valence-electron chi connectivity index (χ3n) is 0. The summed E-state index contributed by atoms with van der Waals surface area (Å²) in [5.41, 5.74) is 0.